The van der Waals surface area contributed by atoms with E-state index in [1.54, 1.807) is 23.5 Å². The topological polar surface area (TPSA) is 12.0 Å². The Kier molecular flexibility index (Phi) is 5.75. The Morgan fingerprint density at radius 1 is 1.35 bits per heavy atom. The molecule has 0 fully saturated rings. The Morgan fingerprint density at radius 2 is 2.15 bits per heavy atom. The Bertz CT molecular complexity index is 567. The standard InChI is InChI=1S/C16H19BrFNS/c1-3-7-19-15(10-16-14(17)6-8-20-16)13-5-4-12(18)9-11(13)2/h4-6,8-9,15,19H,3,7,10H2,1-2H3. The van der Waals surface area contributed by atoms with Gasteiger partial charge < -0.3 is 5.32 Å². The van der Waals surface area contributed by atoms with Crippen LogP contribution in [0.5, 0.6) is 0 Å². The van der Waals surface area contributed by atoms with Crippen LogP contribution in [0.1, 0.15) is 35.4 Å². The van der Waals surface area contributed by atoms with Crippen molar-refractivity contribution in [3.8, 4) is 0 Å². The Morgan fingerprint density at radius 3 is 2.75 bits per heavy atom. The molecule has 20 heavy (non-hydrogen) atoms. The van der Waals surface area contributed by atoms with Crippen molar-refractivity contribution < 1.29 is 4.39 Å². The third kappa shape index (κ3) is 3.90. The molecule has 0 spiro atoms. The highest BCUT2D eigenvalue weighted by molar-refractivity contribution is 9.10. The lowest BCUT2D eigenvalue weighted by Gasteiger charge is -2.21. The van der Waals surface area contributed by atoms with E-state index < -0.39 is 0 Å². The van der Waals surface area contributed by atoms with E-state index in [4.69, 9.17) is 0 Å². The summed E-state index contributed by atoms with van der Waals surface area (Å²) in [5.41, 5.74) is 2.19. The molecule has 0 saturated carbocycles. The number of halogens is 2. The van der Waals surface area contributed by atoms with Crippen LogP contribution >= 0.6 is 27.3 Å². The molecule has 1 N–H and O–H groups in total. The highest BCUT2D eigenvalue weighted by atomic mass is 79.9. The van der Waals surface area contributed by atoms with Crippen LogP contribution in [0.2, 0.25) is 0 Å². The van der Waals surface area contributed by atoms with E-state index in [1.807, 2.05) is 13.0 Å². The number of nitrogens with one attached hydrogen (secondary N) is 1. The third-order valence-electron chi connectivity index (χ3n) is 3.33. The van der Waals surface area contributed by atoms with Crippen molar-refractivity contribution in [2.24, 2.45) is 0 Å². The largest absolute Gasteiger partial charge is 0.310 e. The summed E-state index contributed by atoms with van der Waals surface area (Å²) in [5.74, 6) is -0.169. The first-order chi connectivity index (χ1) is 9.61. The maximum Gasteiger partial charge on any atom is 0.123 e. The average molecular weight is 356 g/mol. The lowest BCUT2D eigenvalue weighted by atomic mass is 9.98. The van der Waals surface area contributed by atoms with Crippen molar-refractivity contribution in [2.75, 3.05) is 6.54 Å². The number of benzene rings is 1. The first-order valence-corrected chi connectivity index (χ1v) is 8.50. The number of rotatable bonds is 6. The van der Waals surface area contributed by atoms with Gasteiger partial charge in [0.05, 0.1) is 0 Å². The molecule has 2 rings (SSSR count). The second kappa shape index (κ2) is 7.34. The van der Waals surface area contributed by atoms with Crippen LogP contribution in [-0.2, 0) is 6.42 Å². The summed E-state index contributed by atoms with van der Waals surface area (Å²) in [7, 11) is 0. The molecule has 0 saturated heterocycles. The van der Waals surface area contributed by atoms with Gasteiger partial charge >= 0.3 is 0 Å². The Balaban J connectivity index is 2.24. The maximum absolute atomic E-state index is 13.3. The number of aryl methyl sites for hydroxylation is 1. The van der Waals surface area contributed by atoms with E-state index in [-0.39, 0.29) is 11.9 Å². The van der Waals surface area contributed by atoms with E-state index in [1.165, 1.54) is 10.4 Å². The molecule has 0 aliphatic carbocycles. The van der Waals surface area contributed by atoms with Gasteiger partial charge in [-0.2, -0.15) is 0 Å². The van der Waals surface area contributed by atoms with Crippen LogP contribution in [0, 0.1) is 12.7 Å². The average Bonchev–Trinajstić information content (AvgIpc) is 2.80. The van der Waals surface area contributed by atoms with Crippen molar-refractivity contribution in [1.82, 2.24) is 5.32 Å². The first kappa shape index (κ1) is 15.7. The summed E-state index contributed by atoms with van der Waals surface area (Å²) in [6.07, 6.45) is 2.01. The summed E-state index contributed by atoms with van der Waals surface area (Å²) >= 11 is 5.34. The highest BCUT2D eigenvalue weighted by Crippen LogP contribution is 2.29. The molecular weight excluding hydrogens is 337 g/mol. The zero-order valence-electron chi connectivity index (χ0n) is 11.7. The maximum atomic E-state index is 13.3. The second-order valence-electron chi connectivity index (χ2n) is 4.90. The number of hydrogen-bond acceptors (Lipinski definition) is 2. The van der Waals surface area contributed by atoms with Gasteiger partial charge in [-0.1, -0.05) is 13.0 Å². The van der Waals surface area contributed by atoms with Gasteiger partial charge in [0.2, 0.25) is 0 Å². The summed E-state index contributed by atoms with van der Waals surface area (Å²) in [5, 5.41) is 5.67. The van der Waals surface area contributed by atoms with Gasteiger partial charge in [0.15, 0.2) is 0 Å². The normalized spacial score (nSPS) is 12.6. The molecule has 1 heterocycles. The summed E-state index contributed by atoms with van der Waals surface area (Å²) in [6, 6.07) is 7.37. The summed E-state index contributed by atoms with van der Waals surface area (Å²) in [6.45, 7) is 5.09. The van der Waals surface area contributed by atoms with Crippen molar-refractivity contribution in [3.63, 3.8) is 0 Å². The molecule has 1 unspecified atom stereocenters. The molecule has 0 amide bonds. The van der Waals surface area contributed by atoms with Crippen LogP contribution in [-0.4, -0.2) is 6.54 Å². The summed E-state index contributed by atoms with van der Waals surface area (Å²) < 4.78 is 14.4. The molecule has 1 atom stereocenters. The van der Waals surface area contributed by atoms with Crippen LogP contribution < -0.4 is 5.32 Å². The minimum absolute atomic E-state index is 0.169. The van der Waals surface area contributed by atoms with Crippen LogP contribution in [0.3, 0.4) is 0 Å². The number of hydrogen-bond donors (Lipinski definition) is 1. The van der Waals surface area contributed by atoms with Gasteiger partial charge in [-0.05, 0) is 70.5 Å². The third-order valence-corrected chi connectivity index (χ3v) is 5.28. The van der Waals surface area contributed by atoms with Crippen molar-refractivity contribution in [3.05, 3.63) is 55.9 Å². The Labute approximate surface area is 132 Å². The van der Waals surface area contributed by atoms with Crippen LogP contribution in [0.15, 0.2) is 34.1 Å². The quantitative estimate of drug-likeness (QED) is 0.746. The van der Waals surface area contributed by atoms with Gasteiger partial charge in [-0.3, -0.25) is 0 Å². The molecular formula is C16H19BrFNS. The SMILES string of the molecule is CCCNC(Cc1sccc1Br)c1ccc(F)cc1C. The monoisotopic (exact) mass is 355 g/mol. The molecule has 0 aliphatic rings. The molecule has 4 heteroatoms. The molecule has 2 aromatic rings. The molecule has 1 aromatic heterocycles. The predicted molar refractivity (Wildman–Crippen MR) is 87.9 cm³/mol. The fourth-order valence-corrected chi connectivity index (χ4v) is 3.86. The molecule has 108 valence electrons. The number of thiophene rings is 1. The zero-order valence-corrected chi connectivity index (χ0v) is 14.2. The molecule has 0 radical (unpaired) electrons. The smallest absolute Gasteiger partial charge is 0.123 e. The summed E-state index contributed by atoms with van der Waals surface area (Å²) in [4.78, 5) is 1.32. The lowest BCUT2D eigenvalue weighted by molar-refractivity contribution is 0.527. The van der Waals surface area contributed by atoms with Gasteiger partial charge in [0.25, 0.3) is 0 Å². The molecule has 0 bridgehead atoms. The predicted octanol–water partition coefficient (Wildman–Crippen LogP) is 5.24. The van der Waals surface area contributed by atoms with Crippen molar-refractivity contribution in [2.45, 2.75) is 32.7 Å². The van der Waals surface area contributed by atoms with Crippen LogP contribution in [0.4, 0.5) is 4.39 Å². The second-order valence-corrected chi connectivity index (χ2v) is 6.76. The minimum atomic E-state index is -0.169. The molecule has 1 aromatic carbocycles. The van der Waals surface area contributed by atoms with Gasteiger partial charge in [-0.25, -0.2) is 4.39 Å². The van der Waals surface area contributed by atoms with Gasteiger partial charge in [0.1, 0.15) is 5.82 Å². The molecule has 0 aliphatic heterocycles. The lowest BCUT2D eigenvalue weighted by Crippen LogP contribution is -2.24. The fraction of sp³-hybridized carbons (Fsp3) is 0.375. The van der Waals surface area contributed by atoms with E-state index in [0.717, 1.165) is 29.4 Å². The Hall–Kier alpha value is -0.710. The van der Waals surface area contributed by atoms with Crippen molar-refractivity contribution in [1.29, 1.82) is 0 Å². The van der Waals surface area contributed by atoms with E-state index in [2.05, 4.69) is 39.6 Å². The van der Waals surface area contributed by atoms with Crippen LogP contribution in [0.25, 0.3) is 0 Å². The van der Waals surface area contributed by atoms with Gasteiger partial charge in [-0.15, -0.1) is 11.3 Å². The highest BCUT2D eigenvalue weighted by Gasteiger charge is 2.16. The molecule has 1 nitrogen and oxygen atoms in total. The zero-order chi connectivity index (χ0) is 14.5. The first-order valence-electron chi connectivity index (χ1n) is 6.83. The van der Waals surface area contributed by atoms with E-state index >= 15 is 0 Å². The van der Waals surface area contributed by atoms with E-state index in [0.29, 0.717) is 0 Å². The van der Waals surface area contributed by atoms with Crippen molar-refractivity contribution >= 4 is 27.3 Å². The van der Waals surface area contributed by atoms with Gasteiger partial charge in [0, 0.05) is 21.8 Å². The minimum Gasteiger partial charge on any atom is -0.310 e. The fourth-order valence-electron chi connectivity index (χ4n) is 2.30. The van der Waals surface area contributed by atoms with E-state index in [9.17, 15) is 4.39 Å².